The second kappa shape index (κ2) is 8.15. The molecule has 1 aliphatic rings. The SMILES string of the molecule is CC(C)CCN1CCN(Cc2c[nH]c3ccccc23)C[C@H]1CCO. The number of hydrogen-bond donors (Lipinski definition) is 2. The lowest BCUT2D eigenvalue weighted by molar-refractivity contribution is 0.0526. The number of aliphatic hydroxyl groups is 1. The Morgan fingerprint density at radius 1 is 1.25 bits per heavy atom. The number of hydrogen-bond acceptors (Lipinski definition) is 3. The van der Waals surface area contributed by atoms with Gasteiger partial charge >= 0.3 is 0 Å². The average Bonchev–Trinajstić information content (AvgIpc) is 2.97. The molecule has 1 aliphatic heterocycles. The summed E-state index contributed by atoms with van der Waals surface area (Å²) in [6.45, 7) is 10.3. The highest BCUT2D eigenvalue weighted by atomic mass is 16.3. The van der Waals surface area contributed by atoms with E-state index in [2.05, 4.69) is 59.1 Å². The fourth-order valence-electron chi connectivity index (χ4n) is 3.75. The molecule has 1 fully saturated rings. The van der Waals surface area contributed by atoms with Gasteiger partial charge in [0.05, 0.1) is 0 Å². The normalized spacial score (nSPS) is 20.2. The minimum absolute atomic E-state index is 0.282. The van der Waals surface area contributed by atoms with Gasteiger partial charge in [-0.1, -0.05) is 32.0 Å². The Bertz CT molecular complexity index is 637. The van der Waals surface area contributed by atoms with Gasteiger partial charge < -0.3 is 10.1 Å². The summed E-state index contributed by atoms with van der Waals surface area (Å²) in [5.74, 6) is 0.740. The second-order valence-electron chi connectivity index (χ2n) is 7.48. The lowest BCUT2D eigenvalue weighted by Crippen LogP contribution is -2.53. The lowest BCUT2D eigenvalue weighted by atomic mass is 10.0. The van der Waals surface area contributed by atoms with Crippen LogP contribution in [0.15, 0.2) is 30.5 Å². The van der Waals surface area contributed by atoms with Gasteiger partial charge in [-0.15, -0.1) is 0 Å². The van der Waals surface area contributed by atoms with Crippen LogP contribution in [-0.2, 0) is 6.54 Å². The molecule has 4 heteroatoms. The van der Waals surface area contributed by atoms with Crippen molar-refractivity contribution in [1.82, 2.24) is 14.8 Å². The van der Waals surface area contributed by atoms with E-state index in [0.717, 1.165) is 45.1 Å². The highest BCUT2D eigenvalue weighted by Gasteiger charge is 2.26. The van der Waals surface area contributed by atoms with Gasteiger partial charge in [-0.05, 0) is 36.9 Å². The van der Waals surface area contributed by atoms with Crippen LogP contribution in [-0.4, -0.2) is 58.7 Å². The van der Waals surface area contributed by atoms with E-state index in [-0.39, 0.29) is 6.61 Å². The third kappa shape index (κ3) is 4.18. The Morgan fingerprint density at radius 2 is 2.08 bits per heavy atom. The van der Waals surface area contributed by atoms with E-state index in [0.29, 0.717) is 6.04 Å². The topological polar surface area (TPSA) is 42.5 Å². The molecule has 0 spiro atoms. The van der Waals surface area contributed by atoms with Gasteiger partial charge in [0.25, 0.3) is 0 Å². The molecular formula is C20H31N3O. The van der Waals surface area contributed by atoms with E-state index in [9.17, 15) is 5.11 Å². The standard InChI is InChI=1S/C20H31N3O/c1-16(2)7-9-23-11-10-22(15-18(23)8-12-24)14-17-13-21-20-6-4-3-5-19(17)20/h3-6,13,16,18,21,24H,7-12,14-15H2,1-2H3/t18-/m1/s1. The Hall–Kier alpha value is -1.36. The van der Waals surface area contributed by atoms with Gasteiger partial charge in [0, 0.05) is 55.9 Å². The summed E-state index contributed by atoms with van der Waals surface area (Å²) < 4.78 is 0. The fourth-order valence-corrected chi connectivity index (χ4v) is 3.75. The van der Waals surface area contributed by atoms with Crippen LogP contribution in [0.1, 0.15) is 32.3 Å². The maximum atomic E-state index is 9.45. The molecule has 3 rings (SSSR count). The summed E-state index contributed by atoms with van der Waals surface area (Å²) in [4.78, 5) is 8.51. The second-order valence-corrected chi connectivity index (χ2v) is 7.48. The van der Waals surface area contributed by atoms with E-state index in [1.165, 1.54) is 22.9 Å². The molecule has 2 N–H and O–H groups in total. The summed E-state index contributed by atoms with van der Waals surface area (Å²) in [6.07, 6.45) is 4.27. The molecule has 0 saturated carbocycles. The first-order valence-electron chi connectivity index (χ1n) is 9.29. The molecule has 0 radical (unpaired) electrons. The summed E-state index contributed by atoms with van der Waals surface area (Å²) >= 11 is 0. The van der Waals surface area contributed by atoms with Gasteiger partial charge in [0.1, 0.15) is 0 Å². The molecular weight excluding hydrogens is 298 g/mol. The third-order valence-corrected chi connectivity index (χ3v) is 5.21. The van der Waals surface area contributed by atoms with Crippen molar-refractivity contribution < 1.29 is 5.11 Å². The van der Waals surface area contributed by atoms with Crippen molar-refractivity contribution >= 4 is 10.9 Å². The highest BCUT2D eigenvalue weighted by molar-refractivity contribution is 5.82. The number of aromatic nitrogens is 1. The van der Waals surface area contributed by atoms with Crippen LogP contribution < -0.4 is 0 Å². The first kappa shape index (κ1) is 17.5. The Morgan fingerprint density at radius 3 is 2.88 bits per heavy atom. The molecule has 4 nitrogen and oxygen atoms in total. The number of benzene rings is 1. The van der Waals surface area contributed by atoms with Crippen LogP contribution in [0.3, 0.4) is 0 Å². The van der Waals surface area contributed by atoms with Crippen LogP contribution in [0.25, 0.3) is 10.9 Å². The van der Waals surface area contributed by atoms with Gasteiger partial charge in [0.15, 0.2) is 0 Å². The summed E-state index contributed by atoms with van der Waals surface area (Å²) in [5.41, 5.74) is 2.60. The molecule has 2 aromatic rings. The van der Waals surface area contributed by atoms with Crippen molar-refractivity contribution in [2.24, 2.45) is 5.92 Å². The van der Waals surface area contributed by atoms with Crippen molar-refractivity contribution in [3.8, 4) is 0 Å². The molecule has 1 aromatic heterocycles. The summed E-state index contributed by atoms with van der Waals surface area (Å²) in [5, 5.41) is 10.8. The van der Waals surface area contributed by atoms with E-state index in [1.54, 1.807) is 0 Å². The predicted octanol–water partition coefficient (Wildman–Crippen LogP) is 3.08. The number of nitrogens with zero attached hydrogens (tertiary/aromatic N) is 2. The van der Waals surface area contributed by atoms with E-state index < -0.39 is 0 Å². The molecule has 0 unspecified atom stereocenters. The van der Waals surface area contributed by atoms with Gasteiger partial charge in [-0.2, -0.15) is 0 Å². The first-order chi connectivity index (χ1) is 11.7. The maximum absolute atomic E-state index is 9.45. The monoisotopic (exact) mass is 329 g/mol. The Labute approximate surface area is 145 Å². The van der Waals surface area contributed by atoms with Crippen molar-refractivity contribution in [1.29, 1.82) is 0 Å². The molecule has 0 aliphatic carbocycles. The third-order valence-electron chi connectivity index (χ3n) is 5.21. The zero-order chi connectivity index (χ0) is 16.9. The van der Waals surface area contributed by atoms with E-state index in [1.807, 2.05) is 0 Å². The van der Waals surface area contributed by atoms with Crippen molar-refractivity contribution in [3.05, 3.63) is 36.0 Å². The lowest BCUT2D eigenvalue weighted by Gasteiger charge is -2.41. The quantitative estimate of drug-likeness (QED) is 0.820. The minimum Gasteiger partial charge on any atom is -0.396 e. The van der Waals surface area contributed by atoms with Gasteiger partial charge in [-0.25, -0.2) is 0 Å². The summed E-state index contributed by atoms with van der Waals surface area (Å²) in [7, 11) is 0. The van der Waals surface area contributed by atoms with E-state index >= 15 is 0 Å². The van der Waals surface area contributed by atoms with Crippen molar-refractivity contribution in [2.45, 2.75) is 39.3 Å². The Kier molecular flexibility index (Phi) is 5.93. The Balaban J connectivity index is 1.63. The molecule has 0 amide bonds. The molecule has 1 atom stereocenters. The number of piperazine rings is 1. The molecule has 0 bridgehead atoms. The number of rotatable bonds is 7. The molecule has 1 saturated heterocycles. The zero-order valence-electron chi connectivity index (χ0n) is 15.0. The van der Waals surface area contributed by atoms with Crippen molar-refractivity contribution in [2.75, 3.05) is 32.8 Å². The molecule has 24 heavy (non-hydrogen) atoms. The number of aromatic amines is 1. The first-order valence-corrected chi connectivity index (χ1v) is 9.29. The van der Waals surface area contributed by atoms with Gasteiger partial charge in [0.2, 0.25) is 0 Å². The average molecular weight is 329 g/mol. The molecule has 132 valence electrons. The zero-order valence-corrected chi connectivity index (χ0v) is 15.0. The number of para-hydroxylation sites is 1. The number of fused-ring (bicyclic) bond motifs is 1. The molecule has 1 aromatic carbocycles. The van der Waals surface area contributed by atoms with Crippen LogP contribution in [0.5, 0.6) is 0 Å². The minimum atomic E-state index is 0.282. The number of H-pyrrole nitrogens is 1. The fraction of sp³-hybridized carbons (Fsp3) is 0.600. The smallest absolute Gasteiger partial charge is 0.0457 e. The number of nitrogens with one attached hydrogen (secondary N) is 1. The van der Waals surface area contributed by atoms with Crippen molar-refractivity contribution in [3.63, 3.8) is 0 Å². The largest absolute Gasteiger partial charge is 0.396 e. The summed E-state index contributed by atoms with van der Waals surface area (Å²) in [6, 6.07) is 9.00. The van der Waals surface area contributed by atoms with Crippen LogP contribution in [0.4, 0.5) is 0 Å². The van der Waals surface area contributed by atoms with E-state index in [4.69, 9.17) is 0 Å². The van der Waals surface area contributed by atoms with Gasteiger partial charge in [-0.3, -0.25) is 9.80 Å². The highest BCUT2D eigenvalue weighted by Crippen LogP contribution is 2.22. The van der Waals surface area contributed by atoms with Crippen LogP contribution in [0.2, 0.25) is 0 Å². The molecule has 2 heterocycles. The maximum Gasteiger partial charge on any atom is 0.0457 e. The predicted molar refractivity (Wildman–Crippen MR) is 100 cm³/mol. The van der Waals surface area contributed by atoms with Crippen LogP contribution in [0, 0.1) is 5.92 Å². The number of aliphatic hydroxyl groups excluding tert-OH is 1. The van der Waals surface area contributed by atoms with Crippen LogP contribution >= 0.6 is 0 Å².